The van der Waals surface area contributed by atoms with E-state index in [0.29, 0.717) is 79.7 Å². The predicted molar refractivity (Wildman–Crippen MR) is 358 cm³/mol. The lowest BCUT2D eigenvalue weighted by atomic mass is 10.1. The van der Waals surface area contributed by atoms with Gasteiger partial charge in [-0.25, -0.2) is 15.0 Å². The number of methoxy groups -OCH3 is 3. The molecule has 6 heterocycles. The molecule has 3 aliphatic rings. The Kier molecular flexibility index (Phi) is 21.9. The van der Waals surface area contributed by atoms with Crippen molar-refractivity contribution in [1.29, 1.82) is 0 Å². The van der Waals surface area contributed by atoms with Crippen molar-refractivity contribution in [2.75, 3.05) is 69.1 Å². The van der Waals surface area contributed by atoms with Gasteiger partial charge in [-0.2, -0.15) is 15.3 Å². The van der Waals surface area contributed by atoms with Crippen LogP contribution in [0.25, 0.3) is 33.8 Å². The van der Waals surface area contributed by atoms with Gasteiger partial charge in [0.2, 0.25) is 17.7 Å². The first kappa shape index (κ1) is 67.1. The molecule has 0 saturated heterocycles. The number of para-hydroxylation sites is 3. The van der Waals surface area contributed by atoms with Crippen LogP contribution in [-0.4, -0.2) is 122 Å². The number of rotatable bonds is 20. The van der Waals surface area contributed by atoms with Gasteiger partial charge in [0.15, 0.2) is 17.2 Å². The third kappa shape index (κ3) is 16.8. The number of carbonyl (C=O) groups is 6. The highest BCUT2D eigenvalue weighted by atomic mass is 35.5. The maximum atomic E-state index is 12.4. The Hall–Kier alpha value is -11.4. The molecule has 6 amide bonds. The maximum absolute atomic E-state index is 12.4. The van der Waals surface area contributed by atoms with Crippen molar-refractivity contribution >= 4 is 92.8 Å². The van der Waals surface area contributed by atoms with Crippen molar-refractivity contribution in [2.24, 2.45) is 44.6 Å². The summed E-state index contributed by atoms with van der Waals surface area (Å²) in [5.74, 6) is 1.81. The third-order valence-corrected chi connectivity index (χ3v) is 15.2. The van der Waals surface area contributed by atoms with Crippen molar-refractivity contribution < 1.29 is 43.0 Å². The molecule has 0 unspecified atom stereocenters. The second-order valence-corrected chi connectivity index (χ2v) is 22.2. The maximum Gasteiger partial charge on any atom is 0.254 e. The van der Waals surface area contributed by atoms with Crippen LogP contribution >= 0.6 is 11.6 Å². The fourth-order valence-corrected chi connectivity index (χ4v) is 9.77. The Morgan fingerprint density at radius 1 is 0.500 bits per heavy atom. The molecule has 3 fully saturated rings. The zero-order valence-corrected chi connectivity index (χ0v) is 54.0. The molecule has 0 aliphatic heterocycles. The summed E-state index contributed by atoms with van der Waals surface area (Å²) >= 11 is 6.01. The summed E-state index contributed by atoms with van der Waals surface area (Å²) < 4.78 is 22.2. The van der Waals surface area contributed by atoms with Gasteiger partial charge in [0.1, 0.15) is 16.8 Å². The topological polar surface area (TPSA) is 344 Å². The standard InChI is InChI=1S/2C22H24N6O3.C18H18ClN5O2.C4H7NO/c1-23-22(30)15-12-24-19(26-21(29)13-7-8-13)11-18(15)25-17-6-4-5-14(20(17)31-3)16-9-10-28(2)27-16;1-23-22(30)15-12-24-19(27-21(29)13-7-8-13)11-17(15)26-16-6-4-5-14(20(16)31-3)18-9-10-25-28(18)2;1-20-18(25)12-10-21-16(19)9-15(12)22-14-6-4-5-11(17(14)26-3)13-7-8-24(2)23-13;5-4(6)3-1-2-3/h4-6,9-13H,7-8H2,1-3H3,(H,23,30)(H2,24,25,26,29);4-6,9-13H,7-8H2,1-3H3,(H,23,30)(H2,24,26,27,29);4-10H,1-3H3,(H,20,25)(H,21,22);3H,1-2H2,(H2,5,6). The molecule has 0 atom stereocenters. The Labute approximate surface area is 546 Å². The summed E-state index contributed by atoms with van der Waals surface area (Å²) in [6, 6.07) is 27.6. The highest BCUT2D eigenvalue weighted by Gasteiger charge is 2.32. The number of nitrogens with one attached hydrogen (secondary N) is 8. The van der Waals surface area contributed by atoms with Crippen LogP contribution in [0.5, 0.6) is 17.2 Å². The third-order valence-electron chi connectivity index (χ3n) is 15.0. The predicted octanol–water partition coefficient (Wildman–Crippen LogP) is 9.01. The summed E-state index contributed by atoms with van der Waals surface area (Å²) in [7, 11) is 15.0. The van der Waals surface area contributed by atoms with Crippen molar-refractivity contribution in [1.82, 2.24) is 60.2 Å². The van der Waals surface area contributed by atoms with Gasteiger partial charge in [0, 0.05) is 126 Å². The number of halogens is 1. The van der Waals surface area contributed by atoms with Crippen molar-refractivity contribution in [2.45, 2.75) is 38.5 Å². The van der Waals surface area contributed by atoms with Crippen molar-refractivity contribution in [3.63, 3.8) is 0 Å². The number of nitrogens with zero attached hydrogens (tertiary/aromatic N) is 9. The van der Waals surface area contributed by atoms with E-state index in [1.807, 2.05) is 106 Å². The Balaban J connectivity index is 0.000000159. The lowest BCUT2D eigenvalue weighted by Gasteiger charge is -2.17. The fraction of sp³-hybridized carbons (Fsp3) is 0.273. The van der Waals surface area contributed by atoms with Crippen LogP contribution in [0.2, 0.25) is 5.15 Å². The number of pyridine rings is 3. The molecule has 12 rings (SSSR count). The minimum Gasteiger partial charge on any atom is -0.494 e. The quantitative estimate of drug-likeness (QED) is 0.0321. The summed E-state index contributed by atoms with van der Waals surface area (Å²) in [6.07, 6.45) is 15.4. The van der Waals surface area contributed by atoms with E-state index in [9.17, 15) is 28.8 Å². The van der Waals surface area contributed by atoms with E-state index in [1.54, 1.807) is 80.9 Å². The van der Waals surface area contributed by atoms with Gasteiger partial charge in [-0.1, -0.05) is 29.8 Å². The van der Waals surface area contributed by atoms with E-state index in [-0.39, 0.29) is 58.3 Å². The number of benzene rings is 3. The summed E-state index contributed by atoms with van der Waals surface area (Å²) in [5.41, 5.74) is 14.4. The van der Waals surface area contributed by atoms with Crippen LogP contribution in [0.15, 0.2) is 128 Å². The van der Waals surface area contributed by atoms with E-state index in [2.05, 4.69) is 72.8 Å². The number of carbonyl (C=O) groups excluding carboxylic acids is 6. The van der Waals surface area contributed by atoms with Crippen LogP contribution in [-0.2, 0) is 35.5 Å². The lowest BCUT2D eigenvalue weighted by molar-refractivity contribution is -0.119. The molecule has 3 saturated carbocycles. The molecule has 94 heavy (non-hydrogen) atoms. The first-order chi connectivity index (χ1) is 45.3. The second-order valence-electron chi connectivity index (χ2n) is 21.8. The summed E-state index contributed by atoms with van der Waals surface area (Å²) in [6.45, 7) is 0. The lowest BCUT2D eigenvalue weighted by Crippen LogP contribution is -2.20. The summed E-state index contributed by atoms with van der Waals surface area (Å²) in [5, 5.41) is 36.6. The minimum atomic E-state index is -0.296. The molecule has 6 aromatic heterocycles. The van der Waals surface area contributed by atoms with Gasteiger partial charge in [0.05, 0.1) is 89.2 Å². The smallest absolute Gasteiger partial charge is 0.254 e. The molecular formula is C66H73ClN18O9. The van der Waals surface area contributed by atoms with E-state index < -0.39 is 0 Å². The Morgan fingerprint density at radius 2 is 0.883 bits per heavy atom. The molecule has 3 aromatic carbocycles. The monoisotopic (exact) mass is 1300 g/mol. The first-order valence-corrected chi connectivity index (χ1v) is 30.3. The number of aryl methyl sites for hydroxylation is 3. The molecule has 0 radical (unpaired) electrons. The average molecular weight is 1300 g/mol. The van der Waals surface area contributed by atoms with Gasteiger partial charge in [-0.15, -0.1) is 0 Å². The molecule has 0 spiro atoms. The first-order valence-electron chi connectivity index (χ1n) is 29.9. The van der Waals surface area contributed by atoms with Crippen LogP contribution in [0.1, 0.15) is 69.6 Å². The van der Waals surface area contributed by atoms with Gasteiger partial charge >= 0.3 is 0 Å². The average Bonchev–Trinajstić information content (AvgIpc) is 1.25. The highest BCUT2D eigenvalue weighted by Crippen LogP contribution is 2.42. The van der Waals surface area contributed by atoms with Crippen LogP contribution in [0.4, 0.5) is 45.8 Å². The van der Waals surface area contributed by atoms with E-state index in [1.165, 1.54) is 18.6 Å². The fourth-order valence-electron chi connectivity index (χ4n) is 9.61. The van der Waals surface area contributed by atoms with Gasteiger partial charge in [-0.3, -0.25) is 42.8 Å². The van der Waals surface area contributed by atoms with E-state index in [0.717, 1.165) is 72.3 Å². The highest BCUT2D eigenvalue weighted by molar-refractivity contribution is 6.30. The second kappa shape index (κ2) is 30.6. The summed E-state index contributed by atoms with van der Waals surface area (Å²) in [4.78, 5) is 83.6. The zero-order chi connectivity index (χ0) is 67.2. The van der Waals surface area contributed by atoms with Gasteiger partial charge < -0.3 is 62.5 Å². The molecule has 488 valence electrons. The normalized spacial score (nSPS) is 12.7. The van der Waals surface area contributed by atoms with E-state index >= 15 is 0 Å². The van der Waals surface area contributed by atoms with Crippen LogP contribution in [0, 0.1) is 17.8 Å². The number of hydrogen-bond acceptors (Lipinski definition) is 18. The van der Waals surface area contributed by atoms with Crippen LogP contribution < -0.4 is 62.5 Å². The number of nitrogens with two attached hydrogens (primary N) is 1. The van der Waals surface area contributed by atoms with Gasteiger partial charge in [-0.05, 0) is 99.2 Å². The Morgan fingerprint density at radius 3 is 1.21 bits per heavy atom. The number of aromatic nitrogens is 9. The number of hydrogen-bond donors (Lipinski definition) is 9. The molecule has 9 aromatic rings. The van der Waals surface area contributed by atoms with E-state index in [4.69, 9.17) is 31.5 Å². The minimum absolute atomic E-state index is 0.0481. The number of amides is 6. The van der Waals surface area contributed by atoms with Crippen molar-refractivity contribution in [3.8, 4) is 51.0 Å². The zero-order valence-electron chi connectivity index (χ0n) is 53.3. The Bertz CT molecular complexity index is 4250. The van der Waals surface area contributed by atoms with Crippen LogP contribution in [0.3, 0.4) is 0 Å². The molecule has 3 aliphatic carbocycles. The molecule has 28 heteroatoms. The largest absolute Gasteiger partial charge is 0.494 e. The van der Waals surface area contributed by atoms with Gasteiger partial charge in [0.25, 0.3) is 17.7 Å². The molecule has 27 nitrogen and oxygen atoms in total. The number of primary amides is 1. The molecule has 0 bridgehead atoms. The van der Waals surface area contributed by atoms with Crippen molar-refractivity contribution in [3.05, 3.63) is 150 Å². The number of ether oxygens (including phenoxy) is 3. The molecular weight excluding hydrogens is 1220 g/mol. The number of anilines is 8. The SMILES string of the molecule is CNC(=O)c1cnc(Cl)cc1Nc1cccc(-c2ccn(C)n2)c1OC.CNC(=O)c1cnc(NC(=O)C2CC2)cc1Nc1cccc(-c2ccn(C)n2)c1OC.CNC(=O)c1cnc(NC(=O)C2CC2)cc1Nc1cccc(-c2ccnn2C)c1OC.NC(=O)C1CC1. The molecule has 10 N–H and O–H groups in total.